The average molecular weight is 412 g/mol. The third-order valence-corrected chi connectivity index (χ3v) is 6.83. The first kappa shape index (κ1) is 20.5. The number of piperidine rings is 1. The molecule has 0 saturated carbocycles. The van der Waals surface area contributed by atoms with Crippen molar-refractivity contribution in [1.29, 1.82) is 0 Å². The van der Waals surface area contributed by atoms with Crippen molar-refractivity contribution in [2.75, 3.05) is 13.1 Å². The average Bonchev–Trinajstić information content (AvgIpc) is 3.26. The van der Waals surface area contributed by atoms with Gasteiger partial charge in [-0.15, -0.1) is 0 Å². The molecule has 3 rings (SSSR count). The molecule has 0 atom stereocenters. The van der Waals surface area contributed by atoms with Crippen LogP contribution < -0.4 is 0 Å². The van der Waals surface area contributed by atoms with Crippen LogP contribution in [0.3, 0.4) is 0 Å². The molecule has 0 aliphatic carbocycles. The van der Waals surface area contributed by atoms with Crippen molar-refractivity contribution in [3.05, 3.63) is 23.2 Å². The van der Waals surface area contributed by atoms with Gasteiger partial charge in [-0.05, 0) is 26.7 Å². The summed E-state index contributed by atoms with van der Waals surface area (Å²) >= 11 is 0. The monoisotopic (exact) mass is 412 g/mol. The second-order valence-electron chi connectivity index (χ2n) is 7.14. The topological polar surface area (TPSA) is 129 Å². The summed E-state index contributed by atoms with van der Waals surface area (Å²) in [4.78, 5) is 16.6. The minimum Gasteiger partial charge on any atom is -0.455 e. The zero-order valence-corrected chi connectivity index (χ0v) is 17.2. The van der Waals surface area contributed by atoms with Gasteiger partial charge in [-0.1, -0.05) is 24.2 Å². The fourth-order valence-corrected chi connectivity index (χ4v) is 4.88. The molecule has 0 unspecified atom stereocenters. The highest BCUT2D eigenvalue weighted by atomic mass is 32.2. The Balaban J connectivity index is 1.55. The van der Waals surface area contributed by atoms with Crippen molar-refractivity contribution in [1.82, 2.24) is 19.6 Å². The molecule has 0 bridgehead atoms. The van der Waals surface area contributed by atoms with E-state index in [-0.39, 0.29) is 48.1 Å². The minimum absolute atomic E-state index is 0.0872. The van der Waals surface area contributed by atoms with Crippen LogP contribution in [0.1, 0.15) is 55.8 Å². The van der Waals surface area contributed by atoms with Crippen molar-refractivity contribution >= 4 is 16.0 Å². The van der Waals surface area contributed by atoms with E-state index >= 15 is 0 Å². The lowest BCUT2D eigenvalue weighted by atomic mass is 9.98. The molecule has 1 fully saturated rings. The van der Waals surface area contributed by atoms with Crippen molar-refractivity contribution in [2.45, 2.75) is 58.0 Å². The van der Waals surface area contributed by atoms with Gasteiger partial charge in [0, 0.05) is 19.0 Å². The van der Waals surface area contributed by atoms with Gasteiger partial charge in [-0.2, -0.15) is 9.29 Å². The summed E-state index contributed by atoms with van der Waals surface area (Å²) < 4.78 is 42.3. The summed E-state index contributed by atoms with van der Waals surface area (Å²) in [5, 5.41) is 7.53. The zero-order valence-electron chi connectivity index (χ0n) is 16.3. The maximum Gasteiger partial charge on any atom is 0.309 e. The largest absolute Gasteiger partial charge is 0.455 e. The number of carbonyl (C=O) groups is 1. The van der Waals surface area contributed by atoms with Gasteiger partial charge < -0.3 is 13.8 Å². The van der Waals surface area contributed by atoms with E-state index in [1.165, 1.54) is 4.31 Å². The predicted octanol–water partition coefficient (Wildman–Crippen LogP) is 1.94. The van der Waals surface area contributed by atoms with Gasteiger partial charge in [0.05, 0.1) is 5.92 Å². The SMILES string of the molecule is Cc1noc(C)c1S(=O)(=O)N1CCC(C(=O)OCc2nc(C(C)C)no2)CC1. The summed E-state index contributed by atoms with van der Waals surface area (Å²) in [6.45, 7) is 7.40. The smallest absolute Gasteiger partial charge is 0.309 e. The summed E-state index contributed by atoms with van der Waals surface area (Å²) in [5.74, 6) is 0.429. The van der Waals surface area contributed by atoms with Gasteiger partial charge in [-0.25, -0.2) is 8.42 Å². The Kier molecular flexibility index (Phi) is 5.84. The molecule has 10 nitrogen and oxygen atoms in total. The second-order valence-corrected chi connectivity index (χ2v) is 9.02. The molecule has 1 saturated heterocycles. The Bertz CT molecular complexity index is 921. The lowest BCUT2D eigenvalue weighted by Crippen LogP contribution is -2.40. The van der Waals surface area contributed by atoms with Crippen LogP contribution in [-0.2, 0) is 26.2 Å². The van der Waals surface area contributed by atoms with Gasteiger partial charge in [0.25, 0.3) is 5.89 Å². The molecule has 0 aromatic carbocycles. The molecule has 2 aromatic heterocycles. The Morgan fingerprint density at radius 3 is 2.43 bits per heavy atom. The molecule has 1 aliphatic heterocycles. The molecule has 2 aromatic rings. The molecule has 1 aliphatic rings. The van der Waals surface area contributed by atoms with Crippen LogP contribution in [0.4, 0.5) is 0 Å². The predicted molar refractivity (Wildman–Crippen MR) is 95.6 cm³/mol. The van der Waals surface area contributed by atoms with Gasteiger partial charge in [0.15, 0.2) is 18.2 Å². The maximum atomic E-state index is 12.8. The number of esters is 1. The molecular weight excluding hydrogens is 388 g/mol. The van der Waals surface area contributed by atoms with Crippen molar-refractivity contribution in [3.8, 4) is 0 Å². The van der Waals surface area contributed by atoms with Crippen LogP contribution in [0, 0.1) is 19.8 Å². The third-order valence-electron chi connectivity index (χ3n) is 4.69. The van der Waals surface area contributed by atoms with Crippen LogP contribution in [0.15, 0.2) is 13.9 Å². The van der Waals surface area contributed by atoms with Gasteiger partial charge in [-0.3, -0.25) is 4.79 Å². The van der Waals surface area contributed by atoms with Gasteiger partial charge in [0.2, 0.25) is 10.0 Å². The van der Waals surface area contributed by atoms with Crippen molar-refractivity contribution in [3.63, 3.8) is 0 Å². The maximum absolute atomic E-state index is 12.8. The van der Waals surface area contributed by atoms with E-state index in [0.29, 0.717) is 24.4 Å². The van der Waals surface area contributed by atoms with Crippen LogP contribution in [0.2, 0.25) is 0 Å². The van der Waals surface area contributed by atoms with Crippen LogP contribution in [0.25, 0.3) is 0 Å². The lowest BCUT2D eigenvalue weighted by molar-refractivity contribution is -0.152. The third kappa shape index (κ3) is 4.09. The zero-order chi connectivity index (χ0) is 20.5. The Labute approximate surface area is 163 Å². The molecule has 0 amide bonds. The highest BCUT2D eigenvalue weighted by Gasteiger charge is 2.36. The first-order valence-corrected chi connectivity index (χ1v) is 10.6. The van der Waals surface area contributed by atoms with Gasteiger partial charge >= 0.3 is 5.97 Å². The number of aromatic nitrogens is 3. The first-order valence-electron chi connectivity index (χ1n) is 9.12. The Morgan fingerprint density at radius 1 is 1.21 bits per heavy atom. The number of hydrogen-bond acceptors (Lipinski definition) is 9. The van der Waals surface area contributed by atoms with Gasteiger partial charge in [0.1, 0.15) is 10.6 Å². The van der Waals surface area contributed by atoms with E-state index in [9.17, 15) is 13.2 Å². The number of rotatable bonds is 6. The number of hydrogen-bond donors (Lipinski definition) is 0. The Hall–Kier alpha value is -2.27. The summed E-state index contributed by atoms with van der Waals surface area (Å²) in [7, 11) is -3.70. The number of aryl methyl sites for hydroxylation is 2. The second kappa shape index (κ2) is 8.00. The van der Waals surface area contributed by atoms with E-state index in [1.807, 2.05) is 13.8 Å². The highest BCUT2D eigenvalue weighted by Crippen LogP contribution is 2.28. The quantitative estimate of drug-likeness (QED) is 0.653. The molecular formula is C17H24N4O6S. The van der Waals surface area contributed by atoms with E-state index in [1.54, 1.807) is 13.8 Å². The molecule has 154 valence electrons. The molecule has 3 heterocycles. The standard InChI is InChI=1S/C17H24N4O6S/c1-10(2)16-18-14(27-20-16)9-25-17(22)13-5-7-21(8-6-13)28(23,24)15-11(3)19-26-12(15)4/h10,13H,5-9H2,1-4H3. The lowest BCUT2D eigenvalue weighted by Gasteiger charge is -2.29. The normalized spacial score (nSPS) is 16.6. The highest BCUT2D eigenvalue weighted by molar-refractivity contribution is 7.89. The summed E-state index contributed by atoms with van der Waals surface area (Å²) in [6, 6.07) is 0. The van der Waals surface area contributed by atoms with Crippen molar-refractivity contribution in [2.24, 2.45) is 5.92 Å². The number of ether oxygens (including phenoxy) is 1. The molecule has 0 radical (unpaired) electrons. The van der Waals surface area contributed by atoms with Crippen molar-refractivity contribution < 1.29 is 27.0 Å². The van der Waals surface area contributed by atoms with E-state index in [2.05, 4.69) is 15.3 Å². The van der Waals surface area contributed by atoms with E-state index in [0.717, 1.165) is 0 Å². The fourth-order valence-electron chi connectivity index (χ4n) is 3.12. The number of carbonyl (C=O) groups excluding carboxylic acids is 1. The van der Waals surface area contributed by atoms with Crippen LogP contribution in [0.5, 0.6) is 0 Å². The summed E-state index contributed by atoms with van der Waals surface area (Å²) in [5.41, 5.74) is 0.333. The fraction of sp³-hybridized carbons (Fsp3) is 0.647. The molecule has 0 spiro atoms. The molecule has 28 heavy (non-hydrogen) atoms. The Morgan fingerprint density at radius 2 is 1.89 bits per heavy atom. The first-order chi connectivity index (χ1) is 13.2. The molecule has 0 N–H and O–H groups in total. The molecule has 11 heteroatoms. The van der Waals surface area contributed by atoms with E-state index in [4.69, 9.17) is 13.8 Å². The minimum atomic E-state index is -3.70. The van der Waals surface area contributed by atoms with Crippen LogP contribution in [-0.4, -0.2) is 47.1 Å². The number of nitrogens with zero attached hydrogens (tertiary/aromatic N) is 4. The van der Waals surface area contributed by atoms with Crippen LogP contribution >= 0.6 is 0 Å². The van der Waals surface area contributed by atoms with E-state index < -0.39 is 16.0 Å². The summed E-state index contributed by atoms with van der Waals surface area (Å²) in [6.07, 6.45) is 0.755. The number of sulfonamides is 1.